The van der Waals surface area contributed by atoms with E-state index in [1.165, 1.54) is 77.9 Å². The molecule has 10 aromatic rings. The van der Waals surface area contributed by atoms with Gasteiger partial charge in [0, 0.05) is 33.5 Å². The van der Waals surface area contributed by atoms with Crippen molar-refractivity contribution in [2.45, 2.75) is 43.9 Å². The van der Waals surface area contributed by atoms with E-state index in [0.29, 0.717) is 0 Å². The maximum absolute atomic E-state index is 6.91. The molecule has 0 N–H and O–H groups in total. The lowest BCUT2D eigenvalue weighted by atomic mass is 9.66. The summed E-state index contributed by atoms with van der Waals surface area (Å²) in [6.45, 7) is 9.46. The first-order valence-electron chi connectivity index (χ1n) is 24.5. The summed E-state index contributed by atoms with van der Waals surface area (Å²) in [5.74, 6) is 2.91. The average molecular weight is 900 g/mol. The van der Waals surface area contributed by atoms with Crippen molar-refractivity contribution < 1.29 is 9.47 Å². The topological polar surface area (TPSA) is 21.7 Å². The zero-order valence-electron chi connectivity index (χ0n) is 39.6. The molecule has 0 bridgehead atoms. The summed E-state index contributed by atoms with van der Waals surface area (Å²) in [5.41, 5.74) is 22.3. The molecule has 1 aliphatic heterocycles. The fourth-order valence-electron chi connectivity index (χ4n) is 12.6. The van der Waals surface area contributed by atoms with Crippen LogP contribution in [0.4, 0.5) is 17.1 Å². The maximum Gasteiger partial charge on any atom is 0.178 e. The van der Waals surface area contributed by atoms with Crippen molar-refractivity contribution in [3.8, 4) is 67.5 Å². The molecule has 0 saturated carbocycles. The Balaban J connectivity index is 0.975. The van der Waals surface area contributed by atoms with E-state index in [1.54, 1.807) is 0 Å². The minimum absolute atomic E-state index is 0.147. The third kappa shape index (κ3) is 5.63. The number of nitrogens with zero attached hydrogens (tertiary/aromatic N) is 1. The second kappa shape index (κ2) is 14.8. The van der Waals surface area contributed by atoms with Gasteiger partial charge in [0.2, 0.25) is 0 Å². The van der Waals surface area contributed by atoms with Crippen LogP contribution in [0.5, 0.6) is 23.0 Å². The predicted molar refractivity (Wildman–Crippen MR) is 286 cm³/mol. The third-order valence-corrected chi connectivity index (χ3v) is 16.0. The van der Waals surface area contributed by atoms with E-state index in [2.05, 4.69) is 233 Å². The molecule has 70 heavy (non-hydrogen) atoms. The Morgan fingerprint density at radius 1 is 0.314 bits per heavy atom. The Hall–Kier alpha value is -8.40. The lowest BCUT2D eigenvalue weighted by Gasteiger charge is -2.36. The van der Waals surface area contributed by atoms with E-state index in [-0.39, 0.29) is 10.8 Å². The fraction of sp³-hybridized carbons (Fsp3) is 0.104. The van der Waals surface area contributed by atoms with Crippen LogP contribution in [0.2, 0.25) is 0 Å². The standard InChI is InChI=1S/C67H49NO2/c1-65(2)54-21-11-8-18-49(54)51-36-30-45(40-58(51)65)67(56-23-13-10-20-53(56)63-57(67)38-39-62-64(63)70-61-25-15-14-24-60(61)69-62)44-28-33-47(34-29-44)68(46-31-26-43(27-32-46)42-16-6-5-7-17-42)48-35-37-52-50-19-9-12-22-55(50)66(3,4)59(52)41-48/h5-41H,1-4H3. The van der Waals surface area contributed by atoms with Gasteiger partial charge in [0.05, 0.1) is 5.41 Å². The van der Waals surface area contributed by atoms with E-state index >= 15 is 0 Å². The van der Waals surface area contributed by atoms with Gasteiger partial charge in [0.15, 0.2) is 23.0 Å². The Kier molecular flexibility index (Phi) is 8.59. The van der Waals surface area contributed by atoms with Crippen molar-refractivity contribution in [3.05, 3.63) is 269 Å². The number of benzene rings is 10. The largest absolute Gasteiger partial charge is 0.449 e. The van der Waals surface area contributed by atoms with Crippen LogP contribution in [0.25, 0.3) is 44.5 Å². The molecule has 0 radical (unpaired) electrons. The molecule has 14 rings (SSSR count). The number of para-hydroxylation sites is 2. The second-order valence-electron chi connectivity index (χ2n) is 20.4. The van der Waals surface area contributed by atoms with Crippen LogP contribution in [0.15, 0.2) is 224 Å². The van der Waals surface area contributed by atoms with E-state index in [0.717, 1.165) is 51.2 Å². The highest BCUT2D eigenvalue weighted by Gasteiger charge is 2.50. The lowest BCUT2D eigenvalue weighted by Crippen LogP contribution is -2.29. The minimum atomic E-state index is -0.703. The van der Waals surface area contributed by atoms with Crippen LogP contribution < -0.4 is 14.4 Å². The molecule has 4 aliphatic rings. The lowest BCUT2D eigenvalue weighted by molar-refractivity contribution is 0.360. The molecule has 0 spiro atoms. The molecule has 3 aliphatic carbocycles. The number of fused-ring (bicyclic) bond motifs is 12. The van der Waals surface area contributed by atoms with Crippen LogP contribution in [0.3, 0.4) is 0 Å². The molecule has 1 atom stereocenters. The fourth-order valence-corrected chi connectivity index (χ4v) is 12.6. The molecular formula is C67H49NO2. The van der Waals surface area contributed by atoms with Crippen LogP contribution >= 0.6 is 0 Å². The smallest absolute Gasteiger partial charge is 0.178 e. The van der Waals surface area contributed by atoms with Crippen LogP contribution in [0, 0.1) is 0 Å². The highest BCUT2D eigenvalue weighted by Crippen LogP contribution is 2.63. The first-order chi connectivity index (χ1) is 34.2. The molecule has 10 aromatic carbocycles. The first-order valence-corrected chi connectivity index (χ1v) is 24.5. The average Bonchev–Trinajstić information content (AvgIpc) is 3.93. The Bertz CT molecular complexity index is 3770. The second-order valence-corrected chi connectivity index (χ2v) is 20.4. The maximum atomic E-state index is 6.91. The van der Waals surface area contributed by atoms with Crippen molar-refractivity contribution in [3.63, 3.8) is 0 Å². The number of ether oxygens (including phenoxy) is 2. The summed E-state index contributed by atoms with van der Waals surface area (Å²) in [5, 5.41) is 0. The zero-order valence-corrected chi connectivity index (χ0v) is 39.6. The Labute approximate surface area is 409 Å². The van der Waals surface area contributed by atoms with E-state index < -0.39 is 5.41 Å². The molecule has 0 aromatic heterocycles. The van der Waals surface area contributed by atoms with Crippen molar-refractivity contribution >= 4 is 17.1 Å². The quantitative estimate of drug-likeness (QED) is 0.166. The van der Waals surface area contributed by atoms with Gasteiger partial charge in [0.25, 0.3) is 0 Å². The normalized spacial score (nSPS) is 16.5. The SMILES string of the molecule is CC1(C)c2ccccc2-c2ccc(N(c3ccc(-c4ccccc4)cc3)c3ccc(C4(c5ccc6c(c5)C(C)(C)c5ccccc5-6)c5ccccc5-c5c4ccc4c5Oc5ccccc5O4)cc3)cc21. The van der Waals surface area contributed by atoms with Gasteiger partial charge >= 0.3 is 0 Å². The van der Waals surface area contributed by atoms with Crippen molar-refractivity contribution in [1.82, 2.24) is 0 Å². The van der Waals surface area contributed by atoms with Crippen LogP contribution in [-0.2, 0) is 16.2 Å². The number of anilines is 3. The number of hydrogen-bond donors (Lipinski definition) is 0. The third-order valence-electron chi connectivity index (χ3n) is 16.0. The predicted octanol–water partition coefficient (Wildman–Crippen LogP) is 17.7. The van der Waals surface area contributed by atoms with Gasteiger partial charge in [-0.2, -0.15) is 0 Å². The van der Waals surface area contributed by atoms with E-state index in [4.69, 9.17) is 9.47 Å². The van der Waals surface area contributed by atoms with Crippen LogP contribution in [-0.4, -0.2) is 0 Å². The highest BCUT2D eigenvalue weighted by atomic mass is 16.6. The van der Waals surface area contributed by atoms with Gasteiger partial charge in [-0.3, -0.25) is 0 Å². The summed E-state index contributed by atoms with van der Waals surface area (Å²) in [6.07, 6.45) is 0. The van der Waals surface area contributed by atoms with Crippen molar-refractivity contribution in [1.29, 1.82) is 0 Å². The minimum Gasteiger partial charge on any atom is -0.449 e. The monoisotopic (exact) mass is 899 g/mol. The Morgan fingerprint density at radius 2 is 0.800 bits per heavy atom. The van der Waals surface area contributed by atoms with Gasteiger partial charge in [-0.25, -0.2) is 0 Å². The number of rotatable bonds is 6. The summed E-state index contributed by atoms with van der Waals surface area (Å²) in [6, 6.07) is 82.5. The molecule has 0 saturated heterocycles. The molecule has 0 amide bonds. The van der Waals surface area contributed by atoms with Crippen molar-refractivity contribution in [2.24, 2.45) is 0 Å². The van der Waals surface area contributed by atoms with Crippen LogP contribution in [0.1, 0.15) is 72.2 Å². The zero-order chi connectivity index (χ0) is 46.9. The first kappa shape index (κ1) is 40.6. The summed E-state index contributed by atoms with van der Waals surface area (Å²) < 4.78 is 13.5. The van der Waals surface area contributed by atoms with Gasteiger partial charge < -0.3 is 14.4 Å². The van der Waals surface area contributed by atoms with Gasteiger partial charge in [0.1, 0.15) is 0 Å². The van der Waals surface area contributed by atoms with E-state index in [9.17, 15) is 0 Å². The molecule has 3 heteroatoms. The Morgan fingerprint density at radius 3 is 1.47 bits per heavy atom. The molecule has 1 heterocycles. The molecule has 334 valence electrons. The van der Waals surface area contributed by atoms with E-state index in [1.807, 2.05) is 24.3 Å². The molecule has 3 nitrogen and oxygen atoms in total. The van der Waals surface area contributed by atoms with Gasteiger partial charge in [-0.05, 0) is 138 Å². The summed E-state index contributed by atoms with van der Waals surface area (Å²) >= 11 is 0. The molecular weight excluding hydrogens is 851 g/mol. The number of hydrogen-bond acceptors (Lipinski definition) is 3. The summed E-state index contributed by atoms with van der Waals surface area (Å²) in [4.78, 5) is 2.43. The summed E-state index contributed by atoms with van der Waals surface area (Å²) in [7, 11) is 0. The molecule has 0 fully saturated rings. The van der Waals surface area contributed by atoms with Gasteiger partial charge in [-0.1, -0.05) is 198 Å². The molecule has 1 unspecified atom stereocenters. The van der Waals surface area contributed by atoms with Crippen molar-refractivity contribution in [2.75, 3.05) is 4.90 Å². The van der Waals surface area contributed by atoms with Gasteiger partial charge in [-0.15, -0.1) is 0 Å². The highest BCUT2D eigenvalue weighted by molar-refractivity contribution is 5.93.